The zero-order valence-electron chi connectivity index (χ0n) is 12.6. The molecule has 0 aliphatic rings. The second-order valence-corrected chi connectivity index (χ2v) is 6.90. The van der Waals surface area contributed by atoms with Crippen LogP contribution in [0.1, 0.15) is 11.1 Å². The normalized spacial score (nSPS) is 11.5. The minimum absolute atomic E-state index is 0.179. The molecule has 0 saturated carbocycles. The van der Waals surface area contributed by atoms with Crippen LogP contribution in [-0.2, 0) is 23.0 Å². The molecule has 0 aliphatic carbocycles. The van der Waals surface area contributed by atoms with E-state index in [0.717, 1.165) is 25.1 Å². The number of nitrogens with zero attached hydrogens (tertiary/aromatic N) is 2. The number of benzene rings is 2. The Morgan fingerprint density at radius 1 is 1.00 bits per heavy atom. The average molecular weight is 316 g/mol. The van der Waals surface area contributed by atoms with E-state index in [2.05, 4.69) is 35.2 Å². The van der Waals surface area contributed by atoms with E-state index in [-0.39, 0.29) is 4.90 Å². The van der Waals surface area contributed by atoms with Gasteiger partial charge < -0.3 is 4.90 Å². The maximum atomic E-state index is 11.6. The molecule has 0 aromatic heterocycles. The molecule has 2 aromatic rings. The van der Waals surface area contributed by atoms with Gasteiger partial charge in [0.25, 0.3) is 10.0 Å². The largest absolute Gasteiger partial charge is 0.302 e. The summed E-state index contributed by atoms with van der Waals surface area (Å²) < 4.78 is 26.3. The van der Waals surface area contributed by atoms with Gasteiger partial charge in [0.05, 0.1) is 4.90 Å². The Morgan fingerprint density at radius 3 is 2.23 bits per heavy atom. The van der Waals surface area contributed by atoms with Crippen molar-refractivity contribution in [2.24, 2.45) is 4.40 Å². The van der Waals surface area contributed by atoms with Gasteiger partial charge in [-0.2, -0.15) is 12.8 Å². The summed E-state index contributed by atoms with van der Waals surface area (Å²) in [7, 11) is -1.53. The lowest BCUT2D eigenvalue weighted by Gasteiger charge is -2.16. The van der Waals surface area contributed by atoms with Crippen LogP contribution >= 0.6 is 0 Å². The summed E-state index contributed by atoms with van der Waals surface area (Å²) in [6.45, 7) is 4.80. The van der Waals surface area contributed by atoms with E-state index in [1.165, 1.54) is 5.56 Å². The second-order valence-electron chi connectivity index (χ2n) is 5.22. The Bertz CT molecular complexity index is 710. The topological polar surface area (TPSA) is 49.7 Å². The lowest BCUT2D eigenvalue weighted by atomic mass is 10.1. The van der Waals surface area contributed by atoms with Gasteiger partial charge in [-0.05, 0) is 36.7 Å². The summed E-state index contributed by atoms with van der Waals surface area (Å²) in [5.41, 5.74) is 2.38. The van der Waals surface area contributed by atoms with Crippen LogP contribution in [0.3, 0.4) is 0 Å². The molecule has 0 radical (unpaired) electrons. The van der Waals surface area contributed by atoms with Gasteiger partial charge in [-0.25, -0.2) is 0 Å². The van der Waals surface area contributed by atoms with Gasteiger partial charge in [0.1, 0.15) is 0 Å². The molecule has 0 amide bonds. The van der Waals surface area contributed by atoms with Gasteiger partial charge >= 0.3 is 0 Å². The predicted octanol–water partition coefficient (Wildman–Crippen LogP) is 2.75. The highest BCUT2D eigenvalue weighted by Crippen LogP contribution is 2.14. The Labute approximate surface area is 132 Å². The van der Waals surface area contributed by atoms with Gasteiger partial charge in [0.2, 0.25) is 0 Å². The molecule has 0 spiro atoms. The summed E-state index contributed by atoms with van der Waals surface area (Å²) in [5.74, 6) is 0. The minimum atomic E-state index is -3.59. The van der Waals surface area contributed by atoms with E-state index >= 15 is 0 Å². The smallest absolute Gasteiger partial charge is 0.281 e. The molecule has 2 rings (SSSR count). The molecule has 0 fully saturated rings. The van der Waals surface area contributed by atoms with E-state index in [1.807, 2.05) is 30.3 Å². The monoisotopic (exact) mass is 316 g/mol. The van der Waals surface area contributed by atoms with E-state index in [1.54, 1.807) is 12.1 Å². The van der Waals surface area contributed by atoms with Crippen LogP contribution in [-0.4, -0.2) is 33.6 Å². The van der Waals surface area contributed by atoms with E-state index in [4.69, 9.17) is 0 Å². The zero-order chi connectivity index (χ0) is 16.0. The number of hydrogen-bond donors (Lipinski definition) is 0. The summed E-state index contributed by atoms with van der Waals surface area (Å²) in [6.07, 6.45) is 0.990. The van der Waals surface area contributed by atoms with Crippen molar-refractivity contribution in [2.75, 3.05) is 13.6 Å². The molecule has 0 saturated heterocycles. The number of sulfonamides is 1. The minimum Gasteiger partial charge on any atom is -0.302 e. The molecule has 2 aromatic carbocycles. The Balaban J connectivity index is 1.92. The molecule has 0 N–H and O–H groups in total. The van der Waals surface area contributed by atoms with Crippen molar-refractivity contribution in [3.63, 3.8) is 0 Å². The third-order valence-corrected chi connectivity index (χ3v) is 4.68. The first-order valence-electron chi connectivity index (χ1n) is 7.06. The fraction of sp³-hybridized carbons (Fsp3) is 0.235. The molecule has 22 heavy (non-hydrogen) atoms. The predicted molar refractivity (Wildman–Crippen MR) is 89.7 cm³/mol. The van der Waals surface area contributed by atoms with Crippen LogP contribution in [0, 0.1) is 0 Å². The molecule has 0 bridgehead atoms. The van der Waals surface area contributed by atoms with Crippen LogP contribution in [0.2, 0.25) is 0 Å². The molecule has 0 aliphatic heterocycles. The van der Waals surface area contributed by atoms with Crippen LogP contribution in [0.5, 0.6) is 0 Å². The Hall–Kier alpha value is -1.98. The van der Waals surface area contributed by atoms with Crippen molar-refractivity contribution in [2.45, 2.75) is 17.9 Å². The van der Waals surface area contributed by atoms with E-state index < -0.39 is 10.0 Å². The van der Waals surface area contributed by atoms with Crippen molar-refractivity contribution < 1.29 is 8.42 Å². The maximum absolute atomic E-state index is 11.6. The van der Waals surface area contributed by atoms with Crippen LogP contribution in [0.15, 0.2) is 63.9 Å². The highest BCUT2D eigenvalue weighted by Gasteiger charge is 2.10. The molecule has 0 unspecified atom stereocenters. The SMILES string of the molecule is C=NS(=O)(=O)c1ccc(CN(C)CCc2ccccc2)cc1. The molecule has 0 atom stereocenters. The molecule has 5 heteroatoms. The van der Waals surface area contributed by atoms with Gasteiger partial charge in [-0.1, -0.05) is 42.5 Å². The van der Waals surface area contributed by atoms with E-state index in [9.17, 15) is 8.42 Å². The van der Waals surface area contributed by atoms with Crippen molar-refractivity contribution >= 4 is 16.7 Å². The highest BCUT2D eigenvalue weighted by molar-refractivity contribution is 7.90. The van der Waals surface area contributed by atoms with Crippen LogP contribution in [0.25, 0.3) is 0 Å². The summed E-state index contributed by atoms with van der Waals surface area (Å²) in [6, 6.07) is 17.1. The third-order valence-electron chi connectivity index (χ3n) is 3.47. The van der Waals surface area contributed by atoms with Crippen LogP contribution < -0.4 is 0 Å². The van der Waals surface area contributed by atoms with Crippen LogP contribution in [0.4, 0.5) is 0 Å². The van der Waals surface area contributed by atoms with Crippen molar-refractivity contribution in [3.05, 3.63) is 65.7 Å². The summed E-state index contributed by atoms with van der Waals surface area (Å²) in [5, 5.41) is 0. The third kappa shape index (κ3) is 4.51. The molecule has 116 valence electrons. The maximum Gasteiger partial charge on any atom is 0.281 e. The zero-order valence-corrected chi connectivity index (χ0v) is 13.5. The van der Waals surface area contributed by atoms with Gasteiger partial charge in [0, 0.05) is 19.8 Å². The average Bonchev–Trinajstić information content (AvgIpc) is 2.54. The first kappa shape index (κ1) is 16.4. The first-order valence-corrected chi connectivity index (χ1v) is 8.50. The molecule has 4 nitrogen and oxygen atoms in total. The van der Waals surface area contributed by atoms with Gasteiger partial charge in [-0.15, -0.1) is 0 Å². The lowest BCUT2D eigenvalue weighted by Crippen LogP contribution is -2.20. The van der Waals surface area contributed by atoms with Crippen molar-refractivity contribution in [1.82, 2.24) is 4.90 Å². The standard InChI is InChI=1S/C17H20N2O2S/c1-18-22(20,21)17-10-8-16(9-11-17)14-19(2)13-12-15-6-4-3-5-7-15/h3-11H,1,12-14H2,2H3. The van der Waals surface area contributed by atoms with E-state index in [0.29, 0.717) is 0 Å². The number of hydrogen-bond acceptors (Lipinski definition) is 3. The summed E-state index contributed by atoms with van der Waals surface area (Å²) >= 11 is 0. The van der Waals surface area contributed by atoms with Crippen molar-refractivity contribution in [1.29, 1.82) is 0 Å². The Kier molecular flexibility index (Phi) is 5.46. The van der Waals surface area contributed by atoms with Crippen molar-refractivity contribution in [3.8, 4) is 0 Å². The fourth-order valence-electron chi connectivity index (χ4n) is 2.20. The molecular formula is C17H20N2O2S. The first-order chi connectivity index (χ1) is 10.5. The molecule has 0 heterocycles. The fourth-order valence-corrected chi connectivity index (χ4v) is 2.83. The highest BCUT2D eigenvalue weighted by atomic mass is 32.2. The lowest BCUT2D eigenvalue weighted by molar-refractivity contribution is 0.331. The van der Waals surface area contributed by atoms with Gasteiger partial charge in [0.15, 0.2) is 0 Å². The van der Waals surface area contributed by atoms with Gasteiger partial charge in [-0.3, -0.25) is 0 Å². The molecular weight excluding hydrogens is 296 g/mol. The Morgan fingerprint density at radius 2 is 1.64 bits per heavy atom. The second kappa shape index (κ2) is 7.33. The number of rotatable bonds is 7. The number of likely N-dealkylation sites (N-methyl/N-ethyl adjacent to an activating group) is 1. The summed E-state index contributed by atoms with van der Waals surface area (Å²) in [4.78, 5) is 2.39. The quantitative estimate of drug-likeness (QED) is 0.738.